The van der Waals surface area contributed by atoms with Gasteiger partial charge in [-0.3, -0.25) is 0 Å². The van der Waals surface area contributed by atoms with Crippen molar-refractivity contribution in [2.75, 3.05) is 11.9 Å². The molecule has 1 aliphatic rings. The van der Waals surface area contributed by atoms with Gasteiger partial charge >= 0.3 is 6.18 Å². The van der Waals surface area contributed by atoms with Gasteiger partial charge in [0.25, 0.3) is 0 Å². The molecule has 0 spiro atoms. The first-order valence-corrected chi connectivity index (χ1v) is 4.69. The van der Waals surface area contributed by atoms with Crippen molar-refractivity contribution in [2.24, 2.45) is 5.73 Å². The number of hydrogen-bond acceptors (Lipinski definition) is 2. The molecule has 1 unspecified atom stereocenters. The molecule has 0 aromatic heterocycles. The molecule has 0 saturated heterocycles. The molecule has 5 heteroatoms. The van der Waals surface area contributed by atoms with Crippen molar-refractivity contribution in [3.63, 3.8) is 0 Å². The van der Waals surface area contributed by atoms with Crippen LogP contribution in [-0.2, 0) is 6.18 Å². The van der Waals surface area contributed by atoms with Gasteiger partial charge in [-0.15, -0.1) is 0 Å². The molecule has 1 atom stereocenters. The van der Waals surface area contributed by atoms with E-state index in [-0.39, 0.29) is 6.04 Å². The second-order valence-corrected chi connectivity index (χ2v) is 3.62. The first-order chi connectivity index (χ1) is 6.98. The fourth-order valence-electron chi connectivity index (χ4n) is 1.72. The van der Waals surface area contributed by atoms with E-state index in [1.807, 2.05) is 0 Å². The molecule has 0 aliphatic carbocycles. The van der Waals surface area contributed by atoms with Crippen molar-refractivity contribution in [2.45, 2.75) is 18.6 Å². The molecule has 82 valence electrons. The SMILES string of the molecule is NC1CCNc2ccc(C(F)(F)F)cc21. The number of anilines is 1. The molecule has 0 saturated carbocycles. The third-order valence-corrected chi connectivity index (χ3v) is 2.55. The minimum absolute atomic E-state index is 0.302. The topological polar surface area (TPSA) is 38.0 Å². The van der Waals surface area contributed by atoms with Gasteiger partial charge in [0.05, 0.1) is 5.56 Å². The molecular formula is C10H11F3N2. The van der Waals surface area contributed by atoms with Crippen LogP contribution in [0.4, 0.5) is 18.9 Å². The van der Waals surface area contributed by atoms with Crippen LogP contribution in [0.3, 0.4) is 0 Å². The molecule has 0 fully saturated rings. The van der Waals surface area contributed by atoms with E-state index in [0.717, 1.165) is 12.1 Å². The number of hydrogen-bond donors (Lipinski definition) is 2. The van der Waals surface area contributed by atoms with Gasteiger partial charge < -0.3 is 11.1 Å². The van der Waals surface area contributed by atoms with Crippen molar-refractivity contribution in [3.05, 3.63) is 29.3 Å². The van der Waals surface area contributed by atoms with Crippen LogP contribution in [0.25, 0.3) is 0 Å². The minimum atomic E-state index is -4.30. The van der Waals surface area contributed by atoms with Crippen LogP contribution in [0.1, 0.15) is 23.6 Å². The minimum Gasteiger partial charge on any atom is -0.385 e. The highest BCUT2D eigenvalue weighted by Gasteiger charge is 2.32. The molecule has 1 aliphatic heterocycles. The fraction of sp³-hybridized carbons (Fsp3) is 0.400. The van der Waals surface area contributed by atoms with E-state index in [0.29, 0.717) is 24.2 Å². The Hall–Kier alpha value is -1.23. The molecule has 3 N–H and O–H groups in total. The Morgan fingerprint density at radius 1 is 1.33 bits per heavy atom. The maximum Gasteiger partial charge on any atom is 0.416 e. The second-order valence-electron chi connectivity index (χ2n) is 3.62. The number of nitrogens with one attached hydrogen (secondary N) is 1. The molecule has 1 aromatic rings. The fourth-order valence-corrected chi connectivity index (χ4v) is 1.72. The lowest BCUT2D eigenvalue weighted by atomic mass is 9.96. The van der Waals surface area contributed by atoms with E-state index >= 15 is 0 Å². The predicted molar refractivity (Wildman–Crippen MR) is 51.5 cm³/mol. The van der Waals surface area contributed by atoms with Crippen molar-refractivity contribution < 1.29 is 13.2 Å². The van der Waals surface area contributed by atoms with E-state index in [1.54, 1.807) is 0 Å². The number of alkyl halides is 3. The summed E-state index contributed by atoms with van der Waals surface area (Å²) in [6.07, 6.45) is -3.64. The zero-order valence-corrected chi connectivity index (χ0v) is 7.93. The number of rotatable bonds is 0. The van der Waals surface area contributed by atoms with Crippen LogP contribution in [0.2, 0.25) is 0 Å². The highest BCUT2D eigenvalue weighted by atomic mass is 19.4. The van der Waals surface area contributed by atoms with E-state index in [4.69, 9.17) is 5.73 Å². The van der Waals surface area contributed by atoms with Crippen LogP contribution in [0, 0.1) is 0 Å². The van der Waals surface area contributed by atoms with Gasteiger partial charge in [0, 0.05) is 18.3 Å². The van der Waals surface area contributed by atoms with Gasteiger partial charge in [-0.25, -0.2) is 0 Å². The number of nitrogens with two attached hydrogens (primary N) is 1. The second kappa shape index (κ2) is 3.41. The lowest BCUT2D eigenvalue weighted by Gasteiger charge is -2.24. The first-order valence-electron chi connectivity index (χ1n) is 4.69. The van der Waals surface area contributed by atoms with Crippen LogP contribution in [0.15, 0.2) is 18.2 Å². The Kier molecular flexibility index (Phi) is 2.34. The van der Waals surface area contributed by atoms with Crippen molar-refractivity contribution in [1.82, 2.24) is 0 Å². The summed E-state index contributed by atoms with van der Waals surface area (Å²) in [5, 5.41) is 3.02. The lowest BCUT2D eigenvalue weighted by molar-refractivity contribution is -0.137. The monoisotopic (exact) mass is 216 g/mol. The summed E-state index contributed by atoms with van der Waals surface area (Å²) in [7, 11) is 0. The maximum atomic E-state index is 12.4. The third-order valence-electron chi connectivity index (χ3n) is 2.55. The number of halogens is 3. The smallest absolute Gasteiger partial charge is 0.385 e. The van der Waals surface area contributed by atoms with E-state index < -0.39 is 11.7 Å². The molecule has 2 rings (SSSR count). The van der Waals surface area contributed by atoms with Gasteiger partial charge in [0.1, 0.15) is 0 Å². The summed E-state index contributed by atoms with van der Waals surface area (Å²) in [6, 6.07) is 3.34. The summed E-state index contributed by atoms with van der Waals surface area (Å²) in [5.74, 6) is 0. The van der Waals surface area contributed by atoms with Crippen LogP contribution < -0.4 is 11.1 Å². The van der Waals surface area contributed by atoms with Crippen LogP contribution >= 0.6 is 0 Å². The summed E-state index contributed by atoms with van der Waals surface area (Å²) in [5.41, 5.74) is 6.37. The highest BCUT2D eigenvalue weighted by Crippen LogP contribution is 2.35. The molecular weight excluding hydrogens is 205 g/mol. The van der Waals surface area contributed by atoms with Gasteiger partial charge in [-0.05, 0) is 30.2 Å². The van der Waals surface area contributed by atoms with Gasteiger partial charge in [-0.1, -0.05) is 0 Å². The zero-order valence-electron chi connectivity index (χ0n) is 7.93. The Labute approximate surface area is 85.3 Å². The van der Waals surface area contributed by atoms with Gasteiger partial charge in [0.2, 0.25) is 0 Å². The quantitative estimate of drug-likeness (QED) is 0.699. The van der Waals surface area contributed by atoms with Crippen molar-refractivity contribution in [3.8, 4) is 0 Å². The molecule has 0 bridgehead atoms. The average Bonchev–Trinajstić information content (AvgIpc) is 2.16. The lowest BCUT2D eigenvalue weighted by Crippen LogP contribution is -2.23. The molecule has 15 heavy (non-hydrogen) atoms. The highest BCUT2D eigenvalue weighted by molar-refractivity contribution is 5.56. The van der Waals surface area contributed by atoms with E-state index in [9.17, 15) is 13.2 Å². The Morgan fingerprint density at radius 3 is 2.73 bits per heavy atom. The first kappa shape index (κ1) is 10.3. The normalized spacial score (nSPS) is 20.7. The molecule has 1 aromatic carbocycles. The summed E-state index contributed by atoms with van der Waals surface area (Å²) < 4.78 is 37.3. The van der Waals surface area contributed by atoms with Crippen molar-refractivity contribution in [1.29, 1.82) is 0 Å². The number of fused-ring (bicyclic) bond motifs is 1. The third kappa shape index (κ3) is 1.92. The summed E-state index contributed by atoms with van der Waals surface area (Å²) in [4.78, 5) is 0. The Bertz CT molecular complexity index is 373. The largest absolute Gasteiger partial charge is 0.416 e. The molecule has 2 nitrogen and oxygen atoms in total. The maximum absolute atomic E-state index is 12.4. The van der Waals surface area contributed by atoms with Crippen molar-refractivity contribution >= 4 is 5.69 Å². The van der Waals surface area contributed by atoms with Crippen LogP contribution in [-0.4, -0.2) is 6.54 Å². The Balaban J connectivity index is 2.44. The summed E-state index contributed by atoms with van der Waals surface area (Å²) in [6.45, 7) is 0.708. The van der Waals surface area contributed by atoms with E-state index in [1.165, 1.54) is 6.07 Å². The predicted octanol–water partition coefficient (Wildman–Crippen LogP) is 2.52. The standard InChI is InChI=1S/C10H11F3N2/c11-10(12,13)6-1-2-9-7(5-6)8(14)3-4-15-9/h1-2,5,8,15H,3-4,14H2. The molecule has 1 heterocycles. The Morgan fingerprint density at radius 2 is 2.07 bits per heavy atom. The number of benzene rings is 1. The van der Waals surface area contributed by atoms with Crippen LogP contribution in [0.5, 0.6) is 0 Å². The summed E-state index contributed by atoms with van der Waals surface area (Å²) >= 11 is 0. The van der Waals surface area contributed by atoms with E-state index in [2.05, 4.69) is 5.32 Å². The molecule has 0 radical (unpaired) electrons. The zero-order chi connectivity index (χ0) is 11.1. The van der Waals surface area contributed by atoms with Gasteiger partial charge in [0.15, 0.2) is 0 Å². The molecule has 0 amide bonds. The van der Waals surface area contributed by atoms with Gasteiger partial charge in [-0.2, -0.15) is 13.2 Å². The average molecular weight is 216 g/mol.